The molecular formula is C45H72NO8P. The lowest BCUT2D eigenvalue weighted by atomic mass is 10.2. The predicted octanol–water partition coefficient (Wildman–Crippen LogP) is 11.6. The molecule has 0 bridgehead atoms. The molecule has 1 unspecified atom stereocenters. The third kappa shape index (κ3) is 40.2. The van der Waals surface area contributed by atoms with Crippen LogP contribution < -0.4 is 5.73 Å². The van der Waals surface area contributed by atoms with Gasteiger partial charge in [0, 0.05) is 19.4 Å². The number of hydrogen-bond acceptors (Lipinski definition) is 8. The maximum atomic E-state index is 12.5. The first-order chi connectivity index (χ1) is 26.8. The lowest BCUT2D eigenvalue weighted by Crippen LogP contribution is -2.29. The van der Waals surface area contributed by atoms with Gasteiger partial charge in [-0.2, -0.15) is 0 Å². The molecule has 0 heterocycles. The number of ether oxygens (including phenoxy) is 2. The van der Waals surface area contributed by atoms with Crippen molar-refractivity contribution in [3.63, 3.8) is 0 Å². The number of hydrogen-bond donors (Lipinski definition) is 2. The summed E-state index contributed by atoms with van der Waals surface area (Å²) in [6, 6.07) is 0. The summed E-state index contributed by atoms with van der Waals surface area (Å²) >= 11 is 0. The average molecular weight is 786 g/mol. The molecule has 0 fully saturated rings. The number of nitrogens with two attached hydrogens (primary N) is 1. The van der Waals surface area contributed by atoms with Crippen molar-refractivity contribution in [2.45, 2.75) is 136 Å². The molecule has 0 aliphatic carbocycles. The standard InChI is InChI=1S/C45H72NO8P/c1-3-5-7-9-11-13-15-17-19-20-21-22-24-26-28-30-32-34-36-38-45(48)54-43(42-53-55(49,50)52-40-39-46)41-51-44(47)37-35-33-31-29-27-25-23-18-16-14-12-10-8-6-4-2/h6,8,11-14,17-19,21-23,26-29,32,34,43H,3-5,7,9-10,15-16,20,24-25,30-31,33,35-42,46H2,1-2H3,(H,49,50)/b8-6-,13-11-,14-12-,19-17-,22-21-,23-18-,28-26-,29-27-,34-32-/t43-/m1/s1. The van der Waals surface area contributed by atoms with E-state index in [1.54, 1.807) is 0 Å². The summed E-state index contributed by atoms with van der Waals surface area (Å²) in [4.78, 5) is 34.8. The van der Waals surface area contributed by atoms with Crippen molar-refractivity contribution in [2.75, 3.05) is 26.4 Å². The van der Waals surface area contributed by atoms with Crippen LogP contribution in [0.2, 0.25) is 0 Å². The highest BCUT2D eigenvalue weighted by Gasteiger charge is 2.25. The lowest BCUT2D eigenvalue weighted by Gasteiger charge is -2.19. The summed E-state index contributed by atoms with van der Waals surface area (Å²) in [5.41, 5.74) is 5.33. The van der Waals surface area contributed by atoms with Crippen molar-refractivity contribution >= 4 is 19.8 Å². The highest BCUT2D eigenvalue weighted by Crippen LogP contribution is 2.43. The van der Waals surface area contributed by atoms with Crippen molar-refractivity contribution < 1.29 is 37.6 Å². The van der Waals surface area contributed by atoms with E-state index >= 15 is 0 Å². The summed E-state index contributed by atoms with van der Waals surface area (Å²) in [5, 5.41) is 0. The van der Waals surface area contributed by atoms with Gasteiger partial charge in [0.25, 0.3) is 0 Å². The van der Waals surface area contributed by atoms with E-state index in [4.69, 9.17) is 24.3 Å². The van der Waals surface area contributed by atoms with Crippen LogP contribution in [0, 0.1) is 0 Å². The van der Waals surface area contributed by atoms with Gasteiger partial charge in [-0.25, -0.2) is 4.57 Å². The summed E-state index contributed by atoms with van der Waals surface area (Å²) in [6.07, 6.45) is 52.8. The fourth-order valence-corrected chi connectivity index (χ4v) is 5.43. The van der Waals surface area contributed by atoms with Crippen LogP contribution in [0.5, 0.6) is 0 Å². The van der Waals surface area contributed by atoms with Crippen LogP contribution in [0.3, 0.4) is 0 Å². The summed E-state index contributed by atoms with van der Waals surface area (Å²) in [6.45, 7) is 3.41. The van der Waals surface area contributed by atoms with Crippen molar-refractivity contribution in [1.82, 2.24) is 0 Å². The van der Waals surface area contributed by atoms with E-state index in [2.05, 4.69) is 111 Å². The van der Waals surface area contributed by atoms with Gasteiger partial charge in [-0.15, -0.1) is 0 Å². The van der Waals surface area contributed by atoms with Gasteiger partial charge in [0.15, 0.2) is 6.10 Å². The first-order valence-electron chi connectivity index (χ1n) is 20.4. The van der Waals surface area contributed by atoms with E-state index < -0.39 is 32.5 Å². The van der Waals surface area contributed by atoms with Crippen molar-refractivity contribution in [2.24, 2.45) is 5.73 Å². The Morgan fingerprint density at radius 1 is 0.564 bits per heavy atom. The Morgan fingerprint density at radius 3 is 1.49 bits per heavy atom. The zero-order valence-corrected chi connectivity index (χ0v) is 34.7. The van der Waals surface area contributed by atoms with Gasteiger partial charge in [-0.1, -0.05) is 136 Å². The van der Waals surface area contributed by atoms with E-state index in [-0.39, 0.29) is 32.6 Å². The van der Waals surface area contributed by atoms with E-state index in [9.17, 15) is 19.0 Å². The molecule has 0 aliphatic heterocycles. The van der Waals surface area contributed by atoms with Crippen molar-refractivity contribution in [3.8, 4) is 0 Å². The molecule has 9 nitrogen and oxygen atoms in total. The molecule has 0 amide bonds. The van der Waals surface area contributed by atoms with Crippen molar-refractivity contribution in [3.05, 3.63) is 109 Å². The van der Waals surface area contributed by atoms with Crippen LogP contribution in [-0.2, 0) is 32.7 Å². The highest BCUT2D eigenvalue weighted by molar-refractivity contribution is 7.47. The van der Waals surface area contributed by atoms with E-state index in [0.717, 1.165) is 64.2 Å². The van der Waals surface area contributed by atoms with Gasteiger partial charge in [0.05, 0.1) is 13.2 Å². The van der Waals surface area contributed by atoms with E-state index in [1.165, 1.54) is 25.7 Å². The Balaban J connectivity index is 4.42. The number of phosphoric acid groups is 1. The molecule has 2 atom stereocenters. The topological polar surface area (TPSA) is 134 Å². The van der Waals surface area contributed by atoms with Crippen LogP contribution in [-0.4, -0.2) is 49.3 Å². The molecule has 0 radical (unpaired) electrons. The van der Waals surface area contributed by atoms with Crippen LogP contribution >= 0.6 is 7.82 Å². The second kappa shape index (κ2) is 40.3. The Bertz CT molecular complexity index is 1260. The normalized spacial score (nSPS) is 14.5. The summed E-state index contributed by atoms with van der Waals surface area (Å²) in [5.74, 6) is -0.988. The molecule has 0 aliphatic rings. The van der Waals surface area contributed by atoms with E-state index in [0.29, 0.717) is 12.8 Å². The molecule has 310 valence electrons. The number of allylic oxidation sites excluding steroid dienone is 18. The first-order valence-corrected chi connectivity index (χ1v) is 21.9. The van der Waals surface area contributed by atoms with E-state index in [1.807, 2.05) is 12.2 Å². The molecule has 55 heavy (non-hydrogen) atoms. The first kappa shape index (κ1) is 51.7. The maximum absolute atomic E-state index is 12.5. The number of phosphoric ester groups is 1. The monoisotopic (exact) mass is 785 g/mol. The quantitative estimate of drug-likeness (QED) is 0.0275. The number of esters is 2. The number of carbonyl (C=O) groups excluding carboxylic acids is 2. The average Bonchev–Trinajstić information content (AvgIpc) is 3.17. The zero-order chi connectivity index (χ0) is 40.3. The molecule has 0 aromatic carbocycles. The van der Waals surface area contributed by atoms with Crippen LogP contribution in [0.25, 0.3) is 0 Å². The molecular weight excluding hydrogens is 713 g/mol. The SMILES string of the molecule is CC/C=C\C/C=C\C/C=C\C/C=C\CCCCC(=O)OC[C@H](COP(=O)(O)OCCN)OC(=O)CC/C=C\C/C=C\C/C=C\C/C=C\C/C=C\CCCCC. The molecule has 0 saturated carbocycles. The largest absolute Gasteiger partial charge is 0.472 e. The van der Waals surface area contributed by atoms with Gasteiger partial charge < -0.3 is 20.1 Å². The molecule has 10 heteroatoms. The Morgan fingerprint density at radius 2 is 1.02 bits per heavy atom. The predicted molar refractivity (Wildman–Crippen MR) is 228 cm³/mol. The number of unbranched alkanes of at least 4 members (excludes halogenated alkanes) is 5. The lowest BCUT2D eigenvalue weighted by molar-refractivity contribution is -0.161. The number of carbonyl (C=O) groups is 2. The van der Waals surface area contributed by atoms with Crippen LogP contribution in [0.1, 0.15) is 129 Å². The maximum Gasteiger partial charge on any atom is 0.472 e. The molecule has 0 aromatic rings. The molecule has 0 saturated heterocycles. The van der Waals surface area contributed by atoms with Gasteiger partial charge in [-0.05, 0) is 89.9 Å². The van der Waals surface area contributed by atoms with Gasteiger partial charge in [-0.3, -0.25) is 18.6 Å². The molecule has 0 rings (SSSR count). The second-order valence-corrected chi connectivity index (χ2v) is 14.2. The summed E-state index contributed by atoms with van der Waals surface area (Å²) < 4.78 is 32.6. The van der Waals surface area contributed by atoms with Gasteiger partial charge >= 0.3 is 19.8 Å². The molecule has 3 N–H and O–H groups in total. The van der Waals surface area contributed by atoms with Gasteiger partial charge in [0.2, 0.25) is 0 Å². The molecule has 0 spiro atoms. The molecule has 0 aromatic heterocycles. The van der Waals surface area contributed by atoms with Crippen molar-refractivity contribution in [1.29, 1.82) is 0 Å². The summed E-state index contributed by atoms with van der Waals surface area (Å²) in [7, 11) is -4.41. The fraction of sp³-hybridized carbons (Fsp3) is 0.556. The Hall–Kier alpha value is -3.33. The fourth-order valence-electron chi connectivity index (χ4n) is 4.66. The third-order valence-electron chi connectivity index (χ3n) is 7.66. The highest BCUT2D eigenvalue weighted by atomic mass is 31.2. The Kier molecular flexibility index (Phi) is 37.9. The second-order valence-electron chi connectivity index (χ2n) is 12.8. The smallest absolute Gasteiger partial charge is 0.462 e. The minimum absolute atomic E-state index is 0.0299. The third-order valence-corrected chi connectivity index (χ3v) is 8.64. The van der Waals surface area contributed by atoms with Gasteiger partial charge in [0.1, 0.15) is 6.61 Å². The number of rotatable bonds is 36. The van der Waals surface area contributed by atoms with Crippen LogP contribution in [0.4, 0.5) is 0 Å². The zero-order valence-electron chi connectivity index (χ0n) is 33.9. The minimum atomic E-state index is -4.41. The Labute approximate surface area is 333 Å². The van der Waals surface area contributed by atoms with Crippen LogP contribution in [0.15, 0.2) is 109 Å². The minimum Gasteiger partial charge on any atom is -0.462 e.